The summed E-state index contributed by atoms with van der Waals surface area (Å²) in [5.74, 6) is 0.635. The van der Waals surface area contributed by atoms with Gasteiger partial charge in [0, 0.05) is 18.5 Å². The van der Waals surface area contributed by atoms with Gasteiger partial charge < -0.3 is 10.6 Å². The second-order valence-electron chi connectivity index (χ2n) is 6.13. The second-order valence-corrected chi connectivity index (χ2v) is 6.13. The Morgan fingerprint density at radius 2 is 1.70 bits per heavy atom. The highest BCUT2D eigenvalue weighted by Gasteiger charge is 2.20. The molecule has 1 amide bonds. The van der Waals surface area contributed by atoms with Gasteiger partial charge in [0.25, 0.3) is 0 Å². The van der Waals surface area contributed by atoms with Gasteiger partial charge in [-0.2, -0.15) is 0 Å². The molecule has 0 spiro atoms. The Morgan fingerprint density at radius 1 is 1.10 bits per heavy atom. The van der Waals surface area contributed by atoms with Gasteiger partial charge in [-0.15, -0.1) is 0 Å². The molecule has 0 aromatic rings. The van der Waals surface area contributed by atoms with Crippen molar-refractivity contribution in [3.8, 4) is 0 Å². The van der Waals surface area contributed by atoms with Crippen LogP contribution in [0.15, 0.2) is 0 Å². The van der Waals surface area contributed by atoms with E-state index in [1.807, 2.05) is 7.05 Å². The fourth-order valence-electron chi connectivity index (χ4n) is 2.27. The summed E-state index contributed by atoms with van der Waals surface area (Å²) in [6.45, 7) is 7.32. The van der Waals surface area contributed by atoms with Gasteiger partial charge in [0.1, 0.15) is 0 Å². The van der Waals surface area contributed by atoms with Crippen molar-refractivity contribution >= 4 is 5.91 Å². The largest absolute Gasteiger partial charge is 0.356 e. The van der Waals surface area contributed by atoms with Crippen molar-refractivity contribution in [2.45, 2.75) is 84.6 Å². The summed E-state index contributed by atoms with van der Waals surface area (Å²) in [5.41, 5.74) is 0. The molecule has 1 fully saturated rings. The fourth-order valence-corrected chi connectivity index (χ4v) is 2.27. The van der Waals surface area contributed by atoms with E-state index in [0.717, 1.165) is 25.8 Å². The van der Waals surface area contributed by atoms with Crippen molar-refractivity contribution in [1.29, 1.82) is 0 Å². The Bertz CT molecular complexity index is 223. The molecule has 0 atom stereocenters. The predicted octanol–water partition coefficient (Wildman–Crippen LogP) is 3.88. The Hall–Kier alpha value is -0.570. The average molecular weight is 284 g/mol. The number of hydrogen-bond donors (Lipinski definition) is 2. The molecule has 0 aliphatic heterocycles. The molecule has 0 aromatic carbocycles. The van der Waals surface area contributed by atoms with E-state index in [-0.39, 0.29) is 0 Å². The van der Waals surface area contributed by atoms with E-state index in [1.54, 1.807) is 0 Å². The summed E-state index contributed by atoms with van der Waals surface area (Å²) < 4.78 is 0. The molecule has 1 aliphatic rings. The average Bonchev–Trinajstić information content (AvgIpc) is 2.48. The number of rotatable bonds is 7. The molecular formula is C17H36N2O. The van der Waals surface area contributed by atoms with Crippen LogP contribution in [0.3, 0.4) is 0 Å². The third-order valence-electron chi connectivity index (χ3n) is 3.88. The van der Waals surface area contributed by atoms with E-state index in [1.165, 1.54) is 38.5 Å². The minimum atomic E-state index is 0.311. The summed E-state index contributed by atoms with van der Waals surface area (Å²) in [7, 11) is 1.95. The molecule has 0 saturated heterocycles. The number of unbranched alkanes of at least 4 members (excludes halogenated alkanes) is 3. The van der Waals surface area contributed by atoms with Gasteiger partial charge in [-0.05, 0) is 26.3 Å². The lowest BCUT2D eigenvalue weighted by Gasteiger charge is -2.20. The van der Waals surface area contributed by atoms with Crippen molar-refractivity contribution < 1.29 is 4.79 Å². The van der Waals surface area contributed by atoms with Crippen molar-refractivity contribution in [3.63, 3.8) is 0 Å². The zero-order chi connectivity index (χ0) is 15.2. The van der Waals surface area contributed by atoms with Gasteiger partial charge in [0.15, 0.2) is 0 Å². The Balaban J connectivity index is 0.000000621. The molecule has 120 valence electrons. The van der Waals surface area contributed by atoms with Crippen LogP contribution in [0.4, 0.5) is 0 Å². The molecule has 0 aromatic heterocycles. The van der Waals surface area contributed by atoms with Gasteiger partial charge in [0.2, 0.25) is 5.91 Å². The maximum atomic E-state index is 11.7. The maximum Gasteiger partial charge on any atom is 0.223 e. The van der Waals surface area contributed by atoms with Crippen LogP contribution in [-0.2, 0) is 4.79 Å². The molecule has 1 aliphatic carbocycles. The summed E-state index contributed by atoms with van der Waals surface area (Å²) in [4.78, 5) is 11.7. The van der Waals surface area contributed by atoms with Crippen molar-refractivity contribution in [1.82, 2.24) is 10.6 Å². The molecule has 0 unspecified atom stereocenters. The quantitative estimate of drug-likeness (QED) is 0.697. The highest BCUT2D eigenvalue weighted by Crippen LogP contribution is 2.23. The Morgan fingerprint density at radius 3 is 2.20 bits per heavy atom. The van der Waals surface area contributed by atoms with E-state index in [0.29, 0.717) is 17.9 Å². The van der Waals surface area contributed by atoms with E-state index in [4.69, 9.17) is 0 Å². The van der Waals surface area contributed by atoms with E-state index in [2.05, 4.69) is 31.4 Å². The topological polar surface area (TPSA) is 41.1 Å². The maximum absolute atomic E-state index is 11.7. The second kappa shape index (κ2) is 13.4. The van der Waals surface area contributed by atoms with Gasteiger partial charge in [-0.25, -0.2) is 0 Å². The van der Waals surface area contributed by atoms with Crippen molar-refractivity contribution in [3.05, 3.63) is 0 Å². The normalized spacial score (nSPS) is 15.7. The smallest absolute Gasteiger partial charge is 0.223 e. The number of hydrogen-bond acceptors (Lipinski definition) is 2. The number of carbonyl (C=O) groups excluding carboxylic acids is 1. The van der Waals surface area contributed by atoms with Gasteiger partial charge in [-0.3, -0.25) is 4.79 Å². The first-order chi connectivity index (χ1) is 9.61. The minimum absolute atomic E-state index is 0.311. The lowest BCUT2D eigenvalue weighted by Crippen LogP contribution is -2.32. The lowest BCUT2D eigenvalue weighted by atomic mass is 9.89. The molecule has 1 saturated carbocycles. The van der Waals surface area contributed by atoms with Crippen LogP contribution in [-0.4, -0.2) is 25.5 Å². The minimum Gasteiger partial charge on any atom is -0.356 e. The third kappa shape index (κ3) is 11.3. The first-order valence-electron chi connectivity index (χ1n) is 8.56. The van der Waals surface area contributed by atoms with E-state index >= 15 is 0 Å². The van der Waals surface area contributed by atoms with Gasteiger partial charge in [-0.1, -0.05) is 59.3 Å². The molecule has 0 bridgehead atoms. The summed E-state index contributed by atoms with van der Waals surface area (Å²) in [5, 5.41) is 6.10. The molecular weight excluding hydrogens is 248 g/mol. The number of amides is 1. The van der Waals surface area contributed by atoms with Crippen LogP contribution in [0.1, 0.15) is 78.6 Å². The molecule has 0 radical (unpaired) electrons. The predicted molar refractivity (Wildman–Crippen MR) is 87.9 cm³/mol. The van der Waals surface area contributed by atoms with Gasteiger partial charge >= 0.3 is 0 Å². The molecule has 0 heterocycles. The lowest BCUT2D eigenvalue weighted by molar-refractivity contribution is -0.125. The number of nitrogens with one attached hydrogen (secondary N) is 2. The van der Waals surface area contributed by atoms with Crippen LogP contribution in [0.2, 0.25) is 0 Å². The fraction of sp³-hybridized carbons (Fsp3) is 0.941. The molecule has 1 rings (SSSR count). The molecule has 20 heavy (non-hydrogen) atoms. The first-order valence-corrected chi connectivity index (χ1v) is 8.56. The van der Waals surface area contributed by atoms with Crippen molar-refractivity contribution in [2.75, 3.05) is 13.6 Å². The highest BCUT2D eigenvalue weighted by molar-refractivity contribution is 5.78. The zero-order valence-electron chi connectivity index (χ0n) is 14.1. The van der Waals surface area contributed by atoms with Crippen molar-refractivity contribution in [2.24, 2.45) is 5.92 Å². The van der Waals surface area contributed by atoms with Crippen LogP contribution in [0.5, 0.6) is 0 Å². The monoisotopic (exact) mass is 284 g/mol. The zero-order valence-corrected chi connectivity index (χ0v) is 14.1. The molecule has 3 nitrogen and oxygen atoms in total. The summed E-state index contributed by atoms with van der Waals surface area (Å²) in [6.07, 6.45) is 11.0. The SMILES string of the molecule is CCCCCCNC(=O)C1CCCCC1.CNC(C)C. The summed E-state index contributed by atoms with van der Waals surface area (Å²) in [6, 6.07) is 0.634. The molecule has 2 N–H and O–H groups in total. The first kappa shape index (κ1) is 19.4. The standard InChI is InChI=1S/C13H25NO.C4H11N/c1-2-3-4-8-11-14-13(15)12-9-6-5-7-10-12;1-4(2)5-3/h12H,2-11H2,1H3,(H,14,15);4-5H,1-3H3. The highest BCUT2D eigenvalue weighted by atomic mass is 16.1. The Kier molecular flexibility index (Phi) is 13.0. The number of carbonyl (C=O) groups is 1. The Labute approximate surface area is 126 Å². The van der Waals surface area contributed by atoms with Crippen LogP contribution >= 0.6 is 0 Å². The van der Waals surface area contributed by atoms with Crippen LogP contribution < -0.4 is 10.6 Å². The molecule has 3 heteroatoms. The summed E-state index contributed by atoms with van der Waals surface area (Å²) >= 11 is 0. The van der Waals surface area contributed by atoms with Crippen LogP contribution in [0, 0.1) is 5.92 Å². The van der Waals surface area contributed by atoms with E-state index in [9.17, 15) is 4.79 Å². The van der Waals surface area contributed by atoms with Gasteiger partial charge in [0.05, 0.1) is 0 Å². The third-order valence-corrected chi connectivity index (χ3v) is 3.88. The van der Waals surface area contributed by atoms with E-state index < -0.39 is 0 Å². The van der Waals surface area contributed by atoms with Crippen LogP contribution in [0.25, 0.3) is 0 Å².